The normalized spacial score (nSPS) is 26.1. The van der Waals surface area contributed by atoms with Crippen LogP contribution in [-0.4, -0.2) is 145 Å². The summed E-state index contributed by atoms with van der Waals surface area (Å²) in [6.07, 6.45) is -13.0. The van der Waals surface area contributed by atoms with E-state index in [1.54, 1.807) is 27.7 Å². The van der Waals surface area contributed by atoms with Gasteiger partial charge in [-0.3, -0.25) is 38.4 Å². The SMILES string of the molecule is CC(=O)OC[C@H]1O[C@@H](N=C([S-])OC(C)C)[C@H](OC(C)=O)[C@@H](OC(C)=O)[C@@H]1OC(C)=O.CC(=O)OC[C@H]1O[C@@H](N=C([S-])OC(C)C)[C@H](OC(C)=O)[C@@H](OC(C)=O)[C@@H]1OC(C)=O.[Hg+2]. The van der Waals surface area contributed by atoms with Gasteiger partial charge in [0.15, 0.2) is 49.1 Å². The molecule has 0 unspecified atom stereocenters. The number of hydrogen-bond donors (Lipinski definition) is 0. The van der Waals surface area contributed by atoms with Crippen molar-refractivity contribution in [2.75, 3.05) is 13.2 Å². The van der Waals surface area contributed by atoms with E-state index in [1.165, 1.54) is 13.8 Å². The molecule has 0 aliphatic carbocycles. The number of esters is 8. The summed E-state index contributed by atoms with van der Waals surface area (Å²) in [6, 6.07) is 0. The largest absolute Gasteiger partial charge is 2.00 e. The molecule has 2 fully saturated rings. The fraction of sp³-hybridized carbons (Fsp3) is 0.722. The summed E-state index contributed by atoms with van der Waals surface area (Å²) in [4.78, 5) is 101. The standard InChI is InChI=1S/2C18H27NO10S.Hg/c2*1-8(2)25-18(30)19-17-16(28-12(6)23)15(27-11(5)22)14(26-10(4)21)13(29-17)7-24-9(3)20;/h2*8,13-17H,7H2,1-6H3,(H,19,30);/q;;+2/p-2/t2*13-,14-,15+,16-,17-;/m11./s1. The molecule has 340 valence electrons. The summed E-state index contributed by atoms with van der Waals surface area (Å²) >= 11 is 10.1. The minimum atomic E-state index is -1.31. The van der Waals surface area contributed by atoms with E-state index < -0.39 is 109 Å². The molecule has 0 bridgehead atoms. The predicted octanol–water partition coefficient (Wildman–Crippen LogP) is 0.792. The van der Waals surface area contributed by atoms with Gasteiger partial charge < -0.3 is 82.1 Å². The van der Waals surface area contributed by atoms with Crippen LogP contribution in [0.25, 0.3) is 0 Å². The first-order valence-corrected chi connectivity index (χ1v) is 19.1. The third-order valence-electron chi connectivity index (χ3n) is 7.07. The van der Waals surface area contributed by atoms with Crippen LogP contribution in [0.4, 0.5) is 0 Å². The van der Waals surface area contributed by atoms with Gasteiger partial charge in [0, 0.05) is 55.4 Å². The molecule has 2 aliphatic heterocycles. The van der Waals surface area contributed by atoms with Crippen molar-refractivity contribution in [3.63, 3.8) is 0 Å². The number of aliphatic imine (C=N–C) groups is 2. The van der Waals surface area contributed by atoms with Gasteiger partial charge in [0.25, 0.3) is 0 Å². The van der Waals surface area contributed by atoms with Crippen LogP contribution in [0.15, 0.2) is 9.98 Å². The topological polar surface area (TPSA) is 272 Å². The number of hydrogen-bond acceptors (Lipinski definition) is 24. The molecule has 61 heavy (non-hydrogen) atoms. The van der Waals surface area contributed by atoms with Gasteiger partial charge in [-0.25, -0.2) is 9.98 Å². The number of nitrogens with zero attached hydrogens (tertiary/aromatic N) is 2. The Hall–Kier alpha value is -4.00. The molecule has 0 N–H and O–H groups in total. The molecule has 25 heteroatoms. The molecule has 0 aromatic rings. The molecule has 0 aromatic carbocycles. The second-order valence-electron chi connectivity index (χ2n) is 13.3. The van der Waals surface area contributed by atoms with E-state index in [2.05, 4.69) is 9.98 Å². The van der Waals surface area contributed by atoms with Crippen LogP contribution in [0.1, 0.15) is 83.1 Å². The van der Waals surface area contributed by atoms with Crippen molar-refractivity contribution in [1.29, 1.82) is 0 Å². The Balaban J connectivity index is 0.00000116. The van der Waals surface area contributed by atoms with Crippen LogP contribution in [0.2, 0.25) is 0 Å². The Morgan fingerprint density at radius 3 is 0.918 bits per heavy atom. The molecule has 0 aromatic heterocycles. The minimum Gasteiger partial charge on any atom is -0.722 e. The minimum absolute atomic E-state index is 0. The molecule has 2 rings (SSSR count). The summed E-state index contributed by atoms with van der Waals surface area (Å²) in [5.74, 6) is -5.58. The maximum Gasteiger partial charge on any atom is 2.00 e. The zero-order valence-corrected chi connectivity index (χ0v) is 43.1. The Morgan fingerprint density at radius 1 is 0.443 bits per heavy atom. The smallest absolute Gasteiger partial charge is 0.722 e. The van der Waals surface area contributed by atoms with Crippen molar-refractivity contribution in [3.05, 3.63) is 0 Å². The second-order valence-corrected chi connectivity index (χ2v) is 14.0. The summed E-state index contributed by atoms with van der Waals surface area (Å²) in [5, 5.41) is -0.378. The van der Waals surface area contributed by atoms with Gasteiger partial charge in [-0.15, -0.1) is 0 Å². The van der Waals surface area contributed by atoms with E-state index in [0.29, 0.717) is 0 Å². The molecule has 0 saturated carbocycles. The zero-order chi connectivity index (χ0) is 46.0. The molecule has 0 radical (unpaired) electrons. The van der Waals surface area contributed by atoms with Crippen molar-refractivity contribution in [1.82, 2.24) is 0 Å². The molecule has 0 spiro atoms. The Kier molecular flexibility index (Phi) is 26.0. The molecular formula is C36H52HgN2O20S2. The summed E-state index contributed by atoms with van der Waals surface area (Å²) in [5.41, 5.74) is 0. The van der Waals surface area contributed by atoms with E-state index in [4.69, 9.17) is 82.1 Å². The van der Waals surface area contributed by atoms with Gasteiger partial charge in [0.05, 0.1) is 22.7 Å². The van der Waals surface area contributed by atoms with Gasteiger partial charge in [-0.1, -0.05) is 0 Å². The Morgan fingerprint density at radius 2 is 0.689 bits per heavy atom. The molecule has 0 amide bonds. The number of carbonyl (C=O) groups is 8. The van der Waals surface area contributed by atoms with Crippen molar-refractivity contribution >= 4 is 83.5 Å². The third kappa shape index (κ3) is 22.1. The van der Waals surface area contributed by atoms with Crippen LogP contribution in [0.3, 0.4) is 0 Å². The van der Waals surface area contributed by atoms with Gasteiger partial charge in [-0.2, -0.15) is 0 Å². The van der Waals surface area contributed by atoms with Crippen LogP contribution in [0.5, 0.6) is 0 Å². The van der Waals surface area contributed by atoms with Crippen molar-refractivity contribution in [2.24, 2.45) is 9.98 Å². The first-order valence-electron chi connectivity index (χ1n) is 18.2. The van der Waals surface area contributed by atoms with Crippen LogP contribution >= 0.6 is 0 Å². The fourth-order valence-electron chi connectivity index (χ4n) is 5.29. The Labute approximate surface area is 384 Å². The van der Waals surface area contributed by atoms with Crippen molar-refractivity contribution < 1.29 is 123 Å². The van der Waals surface area contributed by atoms with Crippen molar-refractivity contribution in [2.45, 2.75) is 157 Å². The maximum atomic E-state index is 11.7. The maximum absolute atomic E-state index is 11.7. The zero-order valence-electron chi connectivity index (χ0n) is 35.9. The number of ether oxygens (including phenoxy) is 12. The molecule has 10 atom stereocenters. The van der Waals surface area contributed by atoms with Crippen molar-refractivity contribution in [3.8, 4) is 0 Å². The second kappa shape index (κ2) is 27.8. The molecule has 22 nitrogen and oxygen atoms in total. The van der Waals surface area contributed by atoms with Crippen LogP contribution in [-0.2, 0) is 148 Å². The van der Waals surface area contributed by atoms with E-state index in [-0.39, 0.29) is 63.6 Å². The monoisotopic (exact) mass is 1100 g/mol. The first-order chi connectivity index (χ1) is 27.8. The van der Waals surface area contributed by atoms with Crippen LogP contribution < -0.4 is 0 Å². The van der Waals surface area contributed by atoms with Gasteiger partial charge in [0.1, 0.15) is 25.4 Å². The molecule has 2 saturated heterocycles. The molecular weight excluding hydrogens is 1050 g/mol. The summed E-state index contributed by atoms with van der Waals surface area (Å²) in [6.45, 7) is 15.4. The van der Waals surface area contributed by atoms with Gasteiger partial charge >= 0.3 is 75.4 Å². The molecule has 2 aliphatic rings. The van der Waals surface area contributed by atoms with Gasteiger partial charge in [-0.05, 0) is 27.7 Å². The fourth-order valence-corrected chi connectivity index (χ4v) is 5.88. The summed E-state index contributed by atoms with van der Waals surface area (Å²) in [7, 11) is 0. The quantitative estimate of drug-likeness (QED) is 0.0581. The molecule has 2 heterocycles. The first kappa shape index (κ1) is 57.0. The average Bonchev–Trinajstić information content (AvgIpc) is 3.06. The van der Waals surface area contributed by atoms with E-state index in [0.717, 1.165) is 41.5 Å². The van der Waals surface area contributed by atoms with Gasteiger partial charge in [0.2, 0.25) is 0 Å². The van der Waals surface area contributed by atoms with Crippen LogP contribution in [0, 0.1) is 0 Å². The third-order valence-corrected chi connectivity index (χ3v) is 7.47. The van der Waals surface area contributed by atoms with E-state index in [9.17, 15) is 38.4 Å². The number of carbonyl (C=O) groups excluding carboxylic acids is 8. The number of rotatable bonds is 14. The van der Waals surface area contributed by atoms with E-state index in [1.807, 2.05) is 0 Å². The Bertz CT molecular complexity index is 1480. The average molecular weight is 1100 g/mol. The predicted molar refractivity (Wildman–Crippen MR) is 206 cm³/mol. The summed E-state index contributed by atoms with van der Waals surface area (Å²) < 4.78 is 63.7. The van der Waals surface area contributed by atoms with E-state index >= 15 is 0 Å².